The molecule has 18 heavy (non-hydrogen) atoms. The molecule has 3 atom stereocenters. The molecule has 1 aromatic carbocycles. The van der Waals surface area contributed by atoms with Gasteiger partial charge in [-0.15, -0.1) is 12.6 Å². The number of H-pyrrole nitrogens is 1. The van der Waals surface area contributed by atoms with Crippen molar-refractivity contribution in [3.63, 3.8) is 0 Å². The van der Waals surface area contributed by atoms with Crippen molar-refractivity contribution >= 4 is 10.9 Å². The smallest absolute Gasteiger partial charge is 0.0459 e. The maximum Gasteiger partial charge on any atom is 0.0459 e. The van der Waals surface area contributed by atoms with Crippen LogP contribution in [0.15, 0.2) is 24.4 Å². The van der Waals surface area contributed by atoms with E-state index in [4.69, 9.17) is 5.32 Å². The van der Waals surface area contributed by atoms with Crippen LogP contribution in [0.4, 0.5) is 0 Å². The van der Waals surface area contributed by atoms with Gasteiger partial charge in [-0.2, -0.15) is 0 Å². The van der Waals surface area contributed by atoms with Gasteiger partial charge in [-0.3, -0.25) is 0 Å². The topological polar surface area (TPSA) is 29.9 Å². The Hall–Kier alpha value is 0.0836. The molecule has 0 spiro atoms. The first kappa shape index (κ1) is 13.1. The summed E-state index contributed by atoms with van der Waals surface area (Å²) in [4.78, 5) is 3.40. The average Bonchev–Trinajstić information content (AvgIpc) is 2.75. The number of piperidine rings is 1. The second kappa shape index (κ2) is 4.88. The minimum Gasteiger partial charge on any atom is -0.659 e. The predicted octanol–water partition coefficient (Wildman–Crippen LogP) is 3.59. The Balaban J connectivity index is 0.000001000. The van der Waals surface area contributed by atoms with E-state index in [1.54, 1.807) is 0 Å². The molecule has 1 aromatic heterocycles. The van der Waals surface area contributed by atoms with Gasteiger partial charge in [0.1, 0.15) is 0 Å². The number of aromatic nitrogens is 1. The Morgan fingerprint density at radius 1 is 1.33 bits per heavy atom. The minimum atomic E-state index is 0. The van der Waals surface area contributed by atoms with Gasteiger partial charge >= 0.3 is 0 Å². The molecule has 91 valence electrons. The van der Waals surface area contributed by atoms with Crippen LogP contribution in [0.1, 0.15) is 30.4 Å². The van der Waals surface area contributed by atoms with E-state index in [9.17, 15) is 0 Å². The summed E-state index contributed by atoms with van der Waals surface area (Å²) in [6.45, 7) is 3.38. The molecule has 4 rings (SSSR count). The monoisotopic (exact) mass is 366 g/mol. The average molecular weight is 366 g/mol. The maximum atomic E-state index is 4.88. The predicted molar refractivity (Wildman–Crippen MR) is 70.5 cm³/mol. The zero-order valence-electron chi connectivity index (χ0n) is 10.7. The number of fused-ring (bicyclic) bond motifs is 2. The van der Waals surface area contributed by atoms with E-state index in [2.05, 4.69) is 36.3 Å². The number of hydrogen-bond donors (Lipinski definition) is 1. The summed E-state index contributed by atoms with van der Waals surface area (Å²) in [5, 5.41) is 6.37. The molecule has 0 unspecified atom stereocenters. The minimum absolute atomic E-state index is 0. The molecule has 0 amide bonds. The summed E-state index contributed by atoms with van der Waals surface area (Å²) >= 11 is 0. The van der Waals surface area contributed by atoms with Crippen molar-refractivity contribution < 1.29 is 41.3 Å². The number of nitrogens with one attached hydrogen (secondary N) is 1. The molecule has 1 radical (unpaired) electrons. The molecule has 1 fully saturated rings. The zero-order valence-corrected chi connectivity index (χ0v) is 14.4. The third-order valence-electron chi connectivity index (χ3n) is 4.42. The van der Waals surface area contributed by atoms with Crippen LogP contribution in [0.2, 0.25) is 0 Å². The molecule has 1 aliphatic carbocycles. The Bertz CT molecular complexity index is 575. The van der Waals surface area contributed by atoms with Crippen LogP contribution < -0.4 is 0 Å². The molecule has 1 N–H and O–H groups in total. The van der Waals surface area contributed by atoms with E-state index in [-0.39, 0.29) is 41.3 Å². The number of rotatable bonds is 0. The number of benzene rings is 1. The standard InChI is InChI=1S/C15H17N2.Pr/c1-9-5-12-11-3-2-4-13-15(11)10(8-17-13)6-14(12)16-7-9;/h2-4,8-9,12,14,17H,5-7H2,1H3;/q-1;/t9-,12-,14-;/m1./s1. The second-order valence-corrected chi connectivity index (χ2v) is 5.67. The largest absolute Gasteiger partial charge is 0.659 e. The van der Waals surface area contributed by atoms with E-state index in [1.165, 1.54) is 28.5 Å². The molecule has 0 bridgehead atoms. The van der Waals surface area contributed by atoms with Gasteiger partial charge in [0.25, 0.3) is 0 Å². The fourth-order valence-electron chi connectivity index (χ4n) is 3.63. The van der Waals surface area contributed by atoms with Gasteiger partial charge in [0.05, 0.1) is 0 Å². The number of aromatic amines is 1. The SMILES string of the molecule is C[C@H]1C[N-][C@@H]2Cc3c[nH]c4cccc(c34)[C@H]2C1.[Pr]. The van der Waals surface area contributed by atoms with Gasteiger partial charge in [-0.1, -0.05) is 25.0 Å². The van der Waals surface area contributed by atoms with Gasteiger partial charge in [0.2, 0.25) is 0 Å². The summed E-state index contributed by atoms with van der Waals surface area (Å²) < 4.78 is 0. The first-order valence-electron chi connectivity index (χ1n) is 6.58. The first-order chi connectivity index (χ1) is 8.33. The molecular formula is C15H17N2Pr-. The molecular weight excluding hydrogens is 349 g/mol. The van der Waals surface area contributed by atoms with Crippen LogP contribution in [-0.2, 0) is 6.42 Å². The third-order valence-corrected chi connectivity index (χ3v) is 4.42. The number of nitrogens with zero attached hydrogens (tertiary/aromatic N) is 1. The molecule has 2 nitrogen and oxygen atoms in total. The second-order valence-electron chi connectivity index (χ2n) is 5.67. The normalized spacial score (nSPS) is 29.7. The zero-order chi connectivity index (χ0) is 11.4. The van der Waals surface area contributed by atoms with Gasteiger partial charge < -0.3 is 10.3 Å². The molecule has 2 heterocycles. The van der Waals surface area contributed by atoms with Crippen LogP contribution in [0.3, 0.4) is 0 Å². The van der Waals surface area contributed by atoms with E-state index in [0.29, 0.717) is 12.0 Å². The van der Waals surface area contributed by atoms with Gasteiger partial charge in [-0.05, 0) is 36.0 Å². The van der Waals surface area contributed by atoms with Crippen molar-refractivity contribution in [2.24, 2.45) is 5.92 Å². The maximum absolute atomic E-state index is 4.88. The summed E-state index contributed by atoms with van der Waals surface area (Å²) in [5.74, 6) is 1.40. The van der Waals surface area contributed by atoms with Crippen molar-refractivity contribution in [2.45, 2.75) is 31.7 Å². The first-order valence-corrected chi connectivity index (χ1v) is 6.58. The molecule has 0 saturated carbocycles. The Kier molecular flexibility index (Phi) is 3.55. The van der Waals surface area contributed by atoms with Gasteiger partial charge in [0.15, 0.2) is 0 Å². The Morgan fingerprint density at radius 3 is 3.11 bits per heavy atom. The molecule has 3 heteroatoms. The molecule has 1 aliphatic heterocycles. The summed E-state index contributed by atoms with van der Waals surface area (Å²) in [5.41, 5.74) is 4.30. The van der Waals surface area contributed by atoms with Gasteiger partial charge in [0, 0.05) is 58.4 Å². The van der Waals surface area contributed by atoms with Crippen LogP contribution in [-0.4, -0.2) is 17.6 Å². The Morgan fingerprint density at radius 2 is 2.22 bits per heavy atom. The quantitative estimate of drug-likeness (QED) is 0.739. The van der Waals surface area contributed by atoms with Gasteiger partial charge in [-0.25, -0.2) is 0 Å². The van der Waals surface area contributed by atoms with Crippen molar-refractivity contribution in [1.82, 2.24) is 4.98 Å². The van der Waals surface area contributed by atoms with E-state index in [0.717, 1.165) is 18.9 Å². The van der Waals surface area contributed by atoms with Crippen LogP contribution >= 0.6 is 0 Å². The summed E-state index contributed by atoms with van der Waals surface area (Å²) in [7, 11) is 0. The van der Waals surface area contributed by atoms with Crippen molar-refractivity contribution in [1.29, 1.82) is 0 Å². The molecule has 1 saturated heterocycles. The van der Waals surface area contributed by atoms with Crippen LogP contribution in [0.25, 0.3) is 16.2 Å². The fraction of sp³-hybridized carbons (Fsp3) is 0.467. The van der Waals surface area contributed by atoms with E-state index in [1.807, 2.05) is 0 Å². The number of hydrogen-bond acceptors (Lipinski definition) is 0. The summed E-state index contributed by atoms with van der Waals surface area (Å²) in [6, 6.07) is 7.20. The van der Waals surface area contributed by atoms with Crippen molar-refractivity contribution in [3.8, 4) is 0 Å². The third kappa shape index (κ3) is 1.88. The van der Waals surface area contributed by atoms with E-state index < -0.39 is 0 Å². The van der Waals surface area contributed by atoms with Crippen LogP contribution in [0, 0.1) is 47.2 Å². The molecule has 2 aromatic rings. The van der Waals surface area contributed by atoms with Crippen molar-refractivity contribution in [3.05, 3.63) is 40.8 Å². The Labute approximate surface area is 141 Å². The molecule has 2 aliphatic rings. The van der Waals surface area contributed by atoms with Crippen molar-refractivity contribution in [2.75, 3.05) is 6.54 Å². The van der Waals surface area contributed by atoms with Crippen LogP contribution in [0.5, 0.6) is 0 Å². The fourth-order valence-corrected chi connectivity index (χ4v) is 3.63. The summed E-state index contributed by atoms with van der Waals surface area (Å²) in [6.07, 6.45) is 4.62. The van der Waals surface area contributed by atoms with E-state index >= 15 is 0 Å².